The van der Waals surface area contributed by atoms with Gasteiger partial charge in [0.1, 0.15) is 0 Å². The van der Waals surface area contributed by atoms with E-state index in [1.165, 1.54) is 0 Å². The van der Waals surface area contributed by atoms with Crippen molar-refractivity contribution in [3.8, 4) is 0 Å². The molecular formula is C2H2N2Se. The van der Waals surface area contributed by atoms with Gasteiger partial charge in [-0.05, 0) is 0 Å². The SMILES string of the molecule is [C]1C[Se]N=N1. The summed E-state index contributed by atoms with van der Waals surface area (Å²) in [6.07, 6.45) is 0. The molecule has 1 aliphatic rings. The summed E-state index contributed by atoms with van der Waals surface area (Å²) < 4.78 is 3.66. The summed E-state index contributed by atoms with van der Waals surface area (Å²) >= 11 is 0.417. The van der Waals surface area contributed by atoms with Crippen LogP contribution in [0, 0.1) is 6.54 Å². The Hall–Kier alpha value is 0.119. The molecule has 0 N–H and O–H groups in total. The molecular weight excluding hydrogens is 131 g/mol. The van der Waals surface area contributed by atoms with E-state index in [2.05, 4.69) is 15.8 Å². The van der Waals surface area contributed by atoms with Crippen molar-refractivity contribution in [1.29, 1.82) is 0 Å². The van der Waals surface area contributed by atoms with Gasteiger partial charge in [-0.1, -0.05) is 0 Å². The molecule has 5 heavy (non-hydrogen) atoms. The van der Waals surface area contributed by atoms with Gasteiger partial charge in [0.15, 0.2) is 0 Å². The third-order valence-corrected chi connectivity index (χ3v) is 1.25. The average molecular weight is 133 g/mol. The number of hydrogen-bond acceptors (Lipinski definition) is 2. The van der Waals surface area contributed by atoms with Gasteiger partial charge in [-0.3, -0.25) is 0 Å². The minimum atomic E-state index is 0.417. The Morgan fingerprint density at radius 1 is 1.80 bits per heavy atom. The molecule has 1 aliphatic heterocycles. The van der Waals surface area contributed by atoms with E-state index < -0.39 is 0 Å². The molecule has 0 saturated heterocycles. The molecule has 0 aromatic heterocycles. The number of nitrogens with zero attached hydrogens (tertiary/aromatic N) is 2. The van der Waals surface area contributed by atoms with E-state index >= 15 is 0 Å². The van der Waals surface area contributed by atoms with Crippen LogP contribution in [0.5, 0.6) is 0 Å². The topological polar surface area (TPSA) is 24.7 Å². The molecule has 0 bridgehead atoms. The molecule has 2 nitrogen and oxygen atoms in total. The molecule has 2 radical (unpaired) electrons. The summed E-state index contributed by atoms with van der Waals surface area (Å²) in [6, 6.07) is 0. The number of rotatable bonds is 0. The molecule has 0 amide bonds. The Labute approximate surface area is 37.0 Å². The van der Waals surface area contributed by atoms with Crippen LogP contribution < -0.4 is 0 Å². The fourth-order valence-electron chi connectivity index (χ4n) is 0.144. The number of hydrogen-bond donors (Lipinski definition) is 0. The molecule has 1 rings (SSSR count). The van der Waals surface area contributed by atoms with Crippen LogP contribution in [-0.2, 0) is 0 Å². The van der Waals surface area contributed by atoms with Crippen LogP contribution in [-0.4, -0.2) is 15.2 Å². The van der Waals surface area contributed by atoms with Crippen LogP contribution >= 0.6 is 0 Å². The van der Waals surface area contributed by atoms with E-state index in [1.807, 2.05) is 0 Å². The zero-order valence-corrected chi connectivity index (χ0v) is 4.22. The monoisotopic (exact) mass is 134 g/mol. The van der Waals surface area contributed by atoms with Crippen LogP contribution in [0.4, 0.5) is 0 Å². The second-order valence-corrected chi connectivity index (χ2v) is 2.10. The van der Waals surface area contributed by atoms with Crippen LogP contribution in [0.1, 0.15) is 0 Å². The molecule has 0 atom stereocenters. The fraction of sp³-hybridized carbons (Fsp3) is 0.500. The van der Waals surface area contributed by atoms with Crippen LogP contribution in [0.3, 0.4) is 0 Å². The zero-order chi connectivity index (χ0) is 3.54. The Balaban J connectivity index is 2.32. The fourth-order valence-corrected chi connectivity index (χ4v) is 0.750. The van der Waals surface area contributed by atoms with Gasteiger partial charge in [-0.25, -0.2) is 0 Å². The van der Waals surface area contributed by atoms with Crippen molar-refractivity contribution in [2.75, 3.05) is 0 Å². The molecule has 0 aromatic rings. The molecule has 26 valence electrons. The van der Waals surface area contributed by atoms with Crippen molar-refractivity contribution in [3.63, 3.8) is 0 Å². The van der Waals surface area contributed by atoms with Crippen molar-refractivity contribution in [2.45, 2.75) is 5.32 Å². The molecule has 0 saturated carbocycles. The standard InChI is InChI=1S/C2H2N2Se/c1-2-5-4-3-1/h2H2. The van der Waals surface area contributed by atoms with Gasteiger partial charge in [-0.15, -0.1) is 0 Å². The van der Waals surface area contributed by atoms with Gasteiger partial charge < -0.3 is 0 Å². The maximum absolute atomic E-state index is 3.66. The first-order valence-electron chi connectivity index (χ1n) is 1.25. The third kappa shape index (κ3) is 0.706. The Morgan fingerprint density at radius 2 is 2.80 bits per heavy atom. The molecule has 1 heterocycles. The molecule has 0 fully saturated rings. The van der Waals surface area contributed by atoms with Gasteiger partial charge >= 0.3 is 36.3 Å². The van der Waals surface area contributed by atoms with E-state index in [0.29, 0.717) is 15.2 Å². The summed E-state index contributed by atoms with van der Waals surface area (Å²) in [5, 5.41) is 4.47. The van der Waals surface area contributed by atoms with E-state index in [0.717, 1.165) is 5.32 Å². The Bertz CT molecular complexity index is 45.6. The second kappa shape index (κ2) is 1.53. The van der Waals surface area contributed by atoms with Gasteiger partial charge in [0, 0.05) is 0 Å². The van der Waals surface area contributed by atoms with Gasteiger partial charge in [0.25, 0.3) is 0 Å². The minimum absolute atomic E-state index is 0.417. The average Bonchev–Trinajstić information content (AvgIpc) is 1.76. The van der Waals surface area contributed by atoms with Crippen LogP contribution in [0.2, 0.25) is 5.32 Å². The van der Waals surface area contributed by atoms with E-state index in [9.17, 15) is 0 Å². The van der Waals surface area contributed by atoms with Crippen LogP contribution in [0.25, 0.3) is 0 Å². The predicted molar refractivity (Wildman–Crippen MR) is 18.7 cm³/mol. The van der Waals surface area contributed by atoms with E-state index in [1.54, 1.807) is 0 Å². The van der Waals surface area contributed by atoms with Crippen molar-refractivity contribution in [1.82, 2.24) is 0 Å². The molecule has 0 spiro atoms. The first-order chi connectivity index (χ1) is 2.50. The quantitative estimate of drug-likeness (QED) is 0.430. The van der Waals surface area contributed by atoms with Gasteiger partial charge in [-0.2, -0.15) is 0 Å². The van der Waals surface area contributed by atoms with Crippen LogP contribution in [0.15, 0.2) is 9.24 Å². The molecule has 0 aliphatic carbocycles. The summed E-state index contributed by atoms with van der Waals surface area (Å²) in [7, 11) is 0. The summed E-state index contributed by atoms with van der Waals surface area (Å²) in [5.41, 5.74) is 0. The Morgan fingerprint density at radius 3 is 3.00 bits per heavy atom. The first-order valence-corrected chi connectivity index (χ1v) is 3.23. The summed E-state index contributed by atoms with van der Waals surface area (Å²) in [5.74, 6) is 0. The second-order valence-electron chi connectivity index (χ2n) is 0.613. The van der Waals surface area contributed by atoms with Crippen molar-refractivity contribution in [2.24, 2.45) is 9.24 Å². The zero-order valence-electron chi connectivity index (χ0n) is 2.51. The molecule has 0 aromatic carbocycles. The maximum atomic E-state index is 3.66. The van der Waals surface area contributed by atoms with Crippen molar-refractivity contribution in [3.05, 3.63) is 6.54 Å². The normalized spacial score (nSPS) is 20.8. The first kappa shape index (κ1) is 3.31. The van der Waals surface area contributed by atoms with Crippen molar-refractivity contribution < 1.29 is 0 Å². The van der Waals surface area contributed by atoms with Gasteiger partial charge in [0.2, 0.25) is 0 Å². The predicted octanol–water partition coefficient (Wildman–Crippen LogP) is 0.528. The van der Waals surface area contributed by atoms with E-state index in [4.69, 9.17) is 0 Å². The molecule has 0 unspecified atom stereocenters. The summed E-state index contributed by atoms with van der Waals surface area (Å²) in [6.45, 7) is 2.71. The Kier molecular flexibility index (Phi) is 1.01. The summed E-state index contributed by atoms with van der Waals surface area (Å²) in [4.78, 5) is 0. The third-order valence-electron chi connectivity index (χ3n) is 0.298. The van der Waals surface area contributed by atoms with Crippen molar-refractivity contribution >= 4 is 15.2 Å². The van der Waals surface area contributed by atoms with Gasteiger partial charge in [0.05, 0.1) is 0 Å². The molecule has 3 heteroatoms. The van der Waals surface area contributed by atoms with E-state index in [-0.39, 0.29) is 0 Å².